The van der Waals surface area contributed by atoms with Gasteiger partial charge in [-0.05, 0) is 98.8 Å². The van der Waals surface area contributed by atoms with Crippen LogP contribution < -0.4 is 10.9 Å². The fraction of sp³-hybridized carbons (Fsp3) is 0.552. The summed E-state index contributed by atoms with van der Waals surface area (Å²) in [5.41, 5.74) is 3.35. The second-order valence-corrected chi connectivity index (χ2v) is 12.8. The van der Waals surface area contributed by atoms with Gasteiger partial charge in [0.2, 0.25) is 5.91 Å². The summed E-state index contributed by atoms with van der Waals surface area (Å²) in [5, 5.41) is 11.9. The molecule has 1 aromatic carbocycles. The van der Waals surface area contributed by atoms with Gasteiger partial charge in [-0.3, -0.25) is 14.7 Å². The number of pyridine rings is 1. The number of aromatic nitrogens is 3. The molecule has 3 atom stereocenters. The molecular formula is C29H36N4O2. The zero-order valence-electron chi connectivity index (χ0n) is 21.3. The Balaban J connectivity index is 1.26. The van der Waals surface area contributed by atoms with Gasteiger partial charge < -0.3 is 9.88 Å². The summed E-state index contributed by atoms with van der Waals surface area (Å²) in [4.78, 5) is 26.8. The Kier molecular flexibility index (Phi) is 4.87. The third-order valence-corrected chi connectivity index (χ3v) is 9.10. The van der Waals surface area contributed by atoms with E-state index in [1.807, 2.05) is 50.4 Å². The zero-order valence-corrected chi connectivity index (χ0v) is 21.3. The van der Waals surface area contributed by atoms with Gasteiger partial charge >= 0.3 is 0 Å². The number of amides is 1. The third-order valence-electron chi connectivity index (χ3n) is 9.10. The molecule has 0 radical (unpaired) electrons. The van der Waals surface area contributed by atoms with E-state index in [0.29, 0.717) is 22.6 Å². The number of carbonyl (C=O) groups is 1. The average Bonchev–Trinajstić information content (AvgIpc) is 3.17. The number of benzene rings is 1. The van der Waals surface area contributed by atoms with E-state index in [-0.39, 0.29) is 22.9 Å². The smallest absolute Gasteiger partial charge is 0.259 e. The van der Waals surface area contributed by atoms with Crippen molar-refractivity contribution in [3.8, 4) is 0 Å². The van der Waals surface area contributed by atoms with E-state index in [1.165, 1.54) is 38.5 Å². The first-order valence-corrected chi connectivity index (χ1v) is 13.0. The number of fused-ring (bicyclic) bond motifs is 1. The SMILES string of the molecule is Cc1cc(C(C)n2ccc3c(NC(=O)CC45CC6CC(C)(CC(C)(C6)C4)C5)cccc3c2=O)n[nH]1. The molecule has 3 unspecified atom stereocenters. The topological polar surface area (TPSA) is 79.8 Å². The highest BCUT2D eigenvalue weighted by Gasteiger charge is 2.60. The van der Waals surface area contributed by atoms with Gasteiger partial charge in [-0.25, -0.2) is 0 Å². The molecule has 4 saturated carbocycles. The van der Waals surface area contributed by atoms with Crippen LogP contribution in [0.3, 0.4) is 0 Å². The van der Waals surface area contributed by atoms with E-state index in [4.69, 9.17) is 0 Å². The molecule has 4 aliphatic carbocycles. The number of anilines is 1. The molecule has 2 N–H and O–H groups in total. The lowest BCUT2D eigenvalue weighted by Gasteiger charge is -2.65. The standard InChI is InChI=1S/C29H36N4O2/c1-18-10-24(32-31-18)19(2)33-9-8-21-22(26(33)35)6-5-7-23(21)30-25(34)14-29-13-20-11-27(3,16-29)15-28(4,12-20)17-29/h5-10,19-20H,11-17H2,1-4H3,(H,30,34)(H,31,32). The van der Waals surface area contributed by atoms with Gasteiger partial charge in [0.15, 0.2) is 0 Å². The fourth-order valence-corrected chi connectivity index (χ4v) is 8.92. The Labute approximate surface area is 206 Å². The summed E-state index contributed by atoms with van der Waals surface area (Å²) in [5.74, 6) is 0.849. The van der Waals surface area contributed by atoms with Crippen molar-refractivity contribution in [1.82, 2.24) is 14.8 Å². The third kappa shape index (κ3) is 3.82. The van der Waals surface area contributed by atoms with Gasteiger partial charge in [0.1, 0.15) is 0 Å². The predicted molar refractivity (Wildman–Crippen MR) is 138 cm³/mol. The van der Waals surface area contributed by atoms with E-state index in [2.05, 4.69) is 29.4 Å². The number of aromatic amines is 1. The number of nitrogens with one attached hydrogen (secondary N) is 2. The molecule has 4 aliphatic rings. The van der Waals surface area contributed by atoms with Crippen LogP contribution in [0.1, 0.15) is 83.1 Å². The van der Waals surface area contributed by atoms with E-state index in [0.717, 1.165) is 28.4 Å². The summed E-state index contributed by atoms with van der Waals surface area (Å²) in [6, 6.07) is 9.33. The lowest BCUT2D eigenvalue weighted by Crippen LogP contribution is -2.55. The maximum Gasteiger partial charge on any atom is 0.259 e. The molecule has 184 valence electrons. The number of aryl methyl sites for hydroxylation is 1. The van der Waals surface area contributed by atoms with E-state index >= 15 is 0 Å². The number of hydrogen-bond acceptors (Lipinski definition) is 3. The van der Waals surface area contributed by atoms with Crippen molar-refractivity contribution < 1.29 is 4.79 Å². The molecule has 0 aliphatic heterocycles. The van der Waals surface area contributed by atoms with Crippen LogP contribution in [0.5, 0.6) is 0 Å². The van der Waals surface area contributed by atoms with Crippen molar-refractivity contribution in [3.05, 3.63) is 58.3 Å². The summed E-state index contributed by atoms with van der Waals surface area (Å²) < 4.78 is 1.71. The maximum absolute atomic E-state index is 13.4. The highest BCUT2D eigenvalue weighted by molar-refractivity contribution is 6.02. The van der Waals surface area contributed by atoms with Crippen molar-refractivity contribution in [2.24, 2.45) is 22.2 Å². The average molecular weight is 473 g/mol. The summed E-state index contributed by atoms with van der Waals surface area (Å²) >= 11 is 0. The van der Waals surface area contributed by atoms with Gasteiger partial charge in [-0.15, -0.1) is 0 Å². The Morgan fingerprint density at radius 3 is 2.54 bits per heavy atom. The van der Waals surface area contributed by atoms with Crippen molar-refractivity contribution in [1.29, 1.82) is 0 Å². The lowest BCUT2D eigenvalue weighted by molar-refractivity contribution is -0.153. The van der Waals surface area contributed by atoms with Gasteiger partial charge in [0.05, 0.1) is 11.7 Å². The largest absolute Gasteiger partial charge is 0.325 e. The molecule has 3 aromatic rings. The molecule has 2 aromatic heterocycles. The highest BCUT2D eigenvalue weighted by atomic mass is 16.1. The van der Waals surface area contributed by atoms with Crippen LogP contribution in [0.4, 0.5) is 5.69 Å². The molecule has 6 nitrogen and oxygen atoms in total. The van der Waals surface area contributed by atoms with Crippen LogP contribution in [-0.2, 0) is 4.79 Å². The summed E-state index contributed by atoms with van der Waals surface area (Å²) in [6.07, 6.45) is 9.90. The number of nitrogens with zero attached hydrogens (tertiary/aromatic N) is 2. The van der Waals surface area contributed by atoms with Crippen molar-refractivity contribution >= 4 is 22.4 Å². The minimum Gasteiger partial charge on any atom is -0.325 e. The predicted octanol–water partition coefficient (Wildman–Crippen LogP) is 5.97. The van der Waals surface area contributed by atoms with Crippen LogP contribution in [-0.4, -0.2) is 20.7 Å². The Morgan fingerprint density at radius 2 is 1.89 bits per heavy atom. The van der Waals surface area contributed by atoms with Crippen LogP contribution in [0.25, 0.3) is 10.8 Å². The van der Waals surface area contributed by atoms with Crippen molar-refractivity contribution in [3.63, 3.8) is 0 Å². The van der Waals surface area contributed by atoms with Gasteiger partial charge in [0.25, 0.3) is 5.56 Å². The number of rotatable bonds is 5. The lowest BCUT2D eigenvalue weighted by atomic mass is 9.40. The normalized spacial score (nSPS) is 32.2. The van der Waals surface area contributed by atoms with Crippen molar-refractivity contribution in [2.45, 2.75) is 78.7 Å². The molecule has 7 rings (SSSR count). The minimum absolute atomic E-state index is 0.0753. The monoisotopic (exact) mass is 472 g/mol. The summed E-state index contributed by atoms with van der Waals surface area (Å²) in [7, 11) is 0. The maximum atomic E-state index is 13.4. The number of H-pyrrole nitrogens is 1. The van der Waals surface area contributed by atoms with Crippen molar-refractivity contribution in [2.75, 3.05) is 5.32 Å². The molecule has 0 spiro atoms. The van der Waals surface area contributed by atoms with Crippen LogP contribution in [0.15, 0.2) is 41.3 Å². The molecule has 35 heavy (non-hydrogen) atoms. The Bertz CT molecular complexity index is 1370. The van der Waals surface area contributed by atoms with E-state index in [1.54, 1.807) is 4.57 Å². The quantitative estimate of drug-likeness (QED) is 0.480. The molecule has 0 saturated heterocycles. The number of hydrogen-bond donors (Lipinski definition) is 2. The van der Waals surface area contributed by atoms with Gasteiger partial charge in [-0.2, -0.15) is 5.10 Å². The first-order chi connectivity index (χ1) is 16.6. The molecule has 1 amide bonds. The minimum atomic E-state index is -0.186. The second-order valence-electron chi connectivity index (χ2n) is 12.8. The Hall–Kier alpha value is -2.89. The van der Waals surface area contributed by atoms with Crippen LogP contribution in [0, 0.1) is 29.1 Å². The molecule has 6 heteroatoms. The van der Waals surface area contributed by atoms with Crippen LogP contribution in [0.2, 0.25) is 0 Å². The molecule has 4 bridgehead atoms. The van der Waals surface area contributed by atoms with Gasteiger partial charge in [0, 0.05) is 34.8 Å². The second kappa shape index (κ2) is 7.55. The highest BCUT2D eigenvalue weighted by Crippen LogP contribution is 2.70. The Morgan fingerprint density at radius 1 is 1.14 bits per heavy atom. The fourth-order valence-electron chi connectivity index (χ4n) is 8.92. The first kappa shape index (κ1) is 22.6. The number of carbonyl (C=O) groups excluding carboxylic acids is 1. The molecule has 4 fully saturated rings. The van der Waals surface area contributed by atoms with E-state index < -0.39 is 0 Å². The zero-order chi connectivity index (χ0) is 24.6. The summed E-state index contributed by atoms with van der Waals surface area (Å²) in [6.45, 7) is 8.82. The molecular weight excluding hydrogens is 436 g/mol. The van der Waals surface area contributed by atoms with E-state index in [9.17, 15) is 9.59 Å². The molecule has 2 heterocycles. The van der Waals surface area contributed by atoms with Gasteiger partial charge in [-0.1, -0.05) is 19.9 Å². The first-order valence-electron chi connectivity index (χ1n) is 13.0. The van der Waals surface area contributed by atoms with Crippen LogP contribution >= 0.6 is 0 Å².